The average Bonchev–Trinajstić information content (AvgIpc) is 2.96. The molecule has 1 aromatic heterocycles. The molecule has 1 heterocycles. The van der Waals surface area contributed by atoms with Crippen LogP contribution in [0.15, 0.2) is 53.0 Å². The number of carbonyl (C=O) groups is 1. The molecule has 106 valence electrons. The third-order valence-electron chi connectivity index (χ3n) is 3.51. The van der Waals surface area contributed by atoms with E-state index in [9.17, 15) is 4.79 Å². The van der Waals surface area contributed by atoms with Crippen LogP contribution in [-0.4, -0.2) is 5.78 Å². The van der Waals surface area contributed by atoms with E-state index in [4.69, 9.17) is 0 Å². The first kappa shape index (κ1) is 14.5. The van der Waals surface area contributed by atoms with Crippen LogP contribution in [0.5, 0.6) is 0 Å². The second-order valence-electron chi connectivity index (χ2n) is 5.32. The molecule has 0 spiro atoms. The van der Waals surface area contributed by atoms with E-state index in [1.54, 1.807) is 11.3 Å². The molecule has 0 unspecified atom stereocenters. The van der Waals surface area contributed by atoms with Crippen molar-refractivity contribution < 1.29 is 4.79 Å². The van der Waals surface area contributed by atoms with Crippen molar-refractivity contribution in [3.8, 4) is 10.4 Å². The smallest absolute Gasteiger partial charge is 0.175 e. The van der Waals surface area contributed by atoms with Crippen molar-refractivity contribution in [1.29, 1.82) is 0 Å². The van der Waals surface area contributed by atoms with E-state index >= 15 is 0 Å². The molecule has 1 nitrogen and oxygen atoms in total. The van der Waals surface area contributed by atoms with Crippen LogP contribution in [0.4, 0.5) is 0 Å². The first-order valence-electron chi connectivity index (χ1n) is 6.89. The lowest BCUT2D eigenvalue weighted by Gasteiger charge is -2.06. The number of fused-ring (bicyclic) bond motifs is 1. The van der Waals surface area contributed by atoms with Gasteiger partial charge in [-0.3, -0.25) is 4.79 Å². The zero-order valence-corrected chi connectivity index (χ0v) is 14.3. The van der Waals surface area contributed by atoms with Crippen LogP contribution in [-0.2, 0) is 0 Å². The Hall–Kier alpha value is -1.45. The Bertz CT molecular complexity index is 817. The Morgan fingerprint density at radius 2 is 1.71 bits per heavy atom. The zero-order valence-electron chi connectivity index (χ0n) is 11.9. The number of hydrogen-bond acceptors (Lipinski definition) is 2. The first-order valence-corrected chi connectivity index (χ1v) is 8.50. The van der Waals surface area contributed by atoms with Gasteiger partial charge < -0.3 is 0 Å². The summed E-state index contributed by atoms with van der Waals surface area (Å²) in [4.78, 5) is 14.1. The largest absolute Gasteiger partial charge is 0.293 e. The van der Waals surface area contributed by atoms with Crippen LogP contribution < -0.4 is 0 Å². The number of ketones is 1. The predicted octanol–water partition coefficient (Wildman–Crippen LogP) is 6.17. The molecule has 0 saturated carbocycles. The Balaban J connectivity index is 2.14. The third-order valence-corrected chi connectivity index (χ3v) is 5.33. The molecule has 0 fully saturated rings. The lowest BCUT2D eigenvalue weighted by Crippen LogP contribution is -2.04. The molecule has 0 radical (unpaired) electrons. The maximum atomic E-state index is 12.1. The number of Topliss-reactive ketones (excluding diaryl/α,β-unsaturated/α-hetero) is 1. The number of carbonyl (C=O) groups excluding carboxylic acids is 1. The van der Waals surface area contributed by atoms with Gasteiger partial charge in [0.25, 0.3) is 0 Å². The molecule has 0 N–H and O–H groups in total. The van der Waals surface area contributed by atoms with Gasteiger partial charge in [0.15, 0.2) is 5.78 Å². The first-order chi connectivity index (χ1) is 10.1. The fourth-order valence-corrected chi connectivity index (χ4v) is 3.99. The highest BCUT2D eigenvalue weighted by molar-refractivity contribution is 9.10. The van der Waals surface area contributed by atoms with E-state index in [0.29, 0.717) is 0 Å². The molecule has 3 heteroatoms. The highest BCUT2D eigenvalue weighted by atomic mass is 79.9. The van der Waals surface area contributed by atoms with Crippen LogP contribution >= 0.6 is 27.3 Å². The molecular weight excluding hydrogens is 344 g/mol. The minimum absolute atomic E-state index is 0.0400. The molecule has 0 aliphatic heterocycles. The summed E-state index contributed by atoms with van der Waals surface area (Å²) >= 11 is 5.18. The molecule has 0 amide bonds. The van der Waals surface area contributed by atoms with E-state index in [-0.39, 0.29) is 11.7 Å². The van der Waals surface area contributed by atoms with Gasteiger partial charge in [0, 0.05) is 15.3 Å². The highest BCUT2D eigenvalue weighted by Crippen LogP contribution is 2.37. The van der Waals surface area contributed by atoms with Crippen molar-refractivity contribution in [1.82, 2.24) is 0 Å². The number of benzene rings is 2. The van der Waals surface area contributed by atoms with Crippen LogP contribution in [0.1, 0.15) is 23.5 Å². The highest BCUT2D eigenvalue weighted by Gasteiger charge is 2.15. The van der Waals surface area contributed by atoms with Gasteiger partial charge in [-0.2, -0.15) is 0 Å². The maximum Gasteiger partial charge on any atom is 0.175 e. The summed E-state index contributed by atoms with van der Waals surface area (Å²) in [5.41, 5.74) is 1.18. The zero-order chi connectivity index (χ0) is 15.0. The van der Waals surface area contributed by atoms with Gasteiger partial charge in [0.2, 0.25) is 0 Å². The normalized spacial score (nSPS) is 11.2. The molecule has 0 bridgehead atoms. The second kappa shape index (κ2) is 5.74. The summed E-state index contributed by atoms with van der Waals surface area (Å²) in [5, 5.41) is 2.40. The Morgan fingerprint density at radius 3 is 2.43 bits per heavy atom. The average molecular weight is 359 g/mol. The standard InChI is InChI=1S/C18H15BrOS/c1-11(2)18(20)17-10-9-16(21-17)14-7-8-15(19)13-6-4-3-5-12(13)14/h3-11H,1-2H3. The molecule has 0 aliphatic rings. The molecule has 0 aliphatic carbocycles. The maximum absolute atomic E-state index is 12.1. The summed E-state index contributed by atoms with van der Waals surface area (Å²) in [7, 11) is 0. The Kier molecular flexibility index (Phi) is 3.96. The SMILES string of the molecule is CC(C)C(=O)c1ccc(-c2ccc(Br)c3ccccc23)s1. The van der Waals surface area contributed by atoms with Crippen LogP contribution in [0.25, 0.3) is 21.2 Å². The number of rotatable bonds is 3. The molecular formula is C18H15BrOS. The predicted molar refractivity (Wildman–Crippen MR) is 94.1 cm³/mol. The van der Waals surface area contributed by atoms with Crippen LogP contribution in [0.3, 0.4) is 0 Å². The molecule has 3 rings (SSSR count). The van der Waals surface area contributed by atoms with Gasteiger partial charge in [-0.1, -0.05) is 60.1 Å². The third kappa shape index (κ3) is 2.68. The van der Waals surface area contributed by atoms with Crippen molar-refractivity contribution in [2.24, 2.45) is 5.92 Å². The monoisotopic (exact) mass is 358 g/mol. The van der Waals surface area contributed by atoms with Gasteiger partial charge in [-0.15, -0.1) is 11.3 Å². The van der Waals surface area contributed by atoms with Crippen molar-refractivity contribution in [2.75, 3.05) is 0 Å². The van der Waals surface area contributed by atoms with Crippen molar-refractivity contribution in [2.45, 2.75) is 13.8 Å². The van der Waals surface area contributed by atoms with E-state index in [2.05, 4.69) is 46.3 Å². The van der Waals surface area contributed by atoms with Gasteiger partial charge in [-0.25, -0.2) is 0 Å². The van der Waals surface area contributed by atoms with Crippen molar-refractivity contribution in [3.05, 3.63) is 57.9 Å². The number of hydrogen-bond donors (Lipinski definition) is 0. The molecule has 0 saturated heterocycles. The summed E-state index contributed by atoms with van der Waals surface area (Å²) in [5.74, 6) is 0.255. The van der Waals surface area contributed by atoms with E-state index in [1.807, 2.05) is 32.0 Å². The van der Waals surface area contributed by atoms with Gasteiger partial charge >= 0.3 is 0 Å². The second-order valence-corrected chi connectivity index (χ2v) is 7.26. The number of thiophene rings is 1. The van der Waals surface area contributed by atoms with Gasteiger partial charge in [0.1, 0.15) is 0 Å². The fraction of sp³-hybridized carbons (Fsp3) is 0.167. The topological polar surface area (TPSA) is 17.1 Å². The minimum atomic E-state index is 0.0400. The van der Waals surface area contributed by atoms with E-state index in [0.717, 1.165) is 14.2 Å². The molecule has 21 heavy (non-hydrogen) atoms. The summed E-state index contributed by atoms with van der Waals surface area (Å²) < 4.78 is 1.09. The van der Waals surface area contributed by atoms with Crippen LogP contribution in [0, 0.1) is 5.92 Å². The molecule has 3 aromatic rings. The van der Waals surface area contributed by atoms with Gasteiger partial charge in [-0.05, 0) is 34.5 Å². The molecule has 2 aromatic carbocycles. The Morgan fingerprint density at radius 1 is 1.00 bits per heavy atom. The lowest BCUT2D eigenvalue weighted by atomic mass is 10.0. The van der Waals surface area contributed by atoms with Crippen molar-refractivity contribution >= 4 is 43.8 Å². The quantitative estimate of drug-likeness (QED) is 0.511. The van der Waals surface area contributed by atoms with E-state index < -0.39 is 0 Å². The minimum Gasteiger partial charge on any atom is -0.293 e. The number of halogens is 1. The fourth-order valence-electron chi connectivity index (χ4n) is 2.38. The van der Waals surface area contributed by atoms with Crippen molar-refractivity contribution in [3.63, 3.8) is 0 Å². The van der Waals surface area contributed by atoms with Gasteiger partial charge in [0.05, 0.1) is 4.88 Å². The Labute approximate surface area is 136 Å². The van der Waals surface area contributed by atoms with Crippen LogP contribution in [0.2, 0.25) is 0 Å². The summed E-state index contributed by atoms with van der Waals surface area (Å²) in [6.45, 7) is 3.88. The molecule has 0 atom stereocenters. The summed E-state index contributed by atoms with van der Waals surface area (Å²) in [6.07, 6.45) is 0. The lowest BCUT2D eigenvalue weighted by molar-refractivity contribution is 0.0943. The summed E-state index contributed by atoms with van der Waals surface area (Å²) in [6, 6.07) is 16.5. The van der Waals surface area contributed by atoms with E-state index in [1.165, 1.54) is 16.3 Å².